The Morgan fingerprint density at radius 1 is 1.00 bits per heavy atom. The van der Waals surface area contributed by atoms with Gasteiger partial charge in [0.25, 0.3) is 0 Å². The van der Waals surface area contributed by atoms with E-state index in [1.54, 1.807) is 0 Å². The summed E-state index contributed by atoms with van der Waals surface area (Å²) in [6.07, 6.45) is -2.16. The molecule has 17 heavy (non-hydrogen) atoms. The van der Waals surface area contributed by atoms with Gasteiger partial charge in [-0.3, -0.25) is 0 Å². The quantitative estimate of drug-likeness (QED) is 0.655. The molecule has 0 heterocycles. The molecule has 4 atom stereocenters. The first-order valence-electron chi connectivity index (χ1n) is 6.28. The maximum Gasteiger partial charge on any atom is 0.192 e. The molecule has 4 nitrogen and oxygen atoms in total. The number of rotatable bonds is 2. The van der Waals surface area contributed by atoms with E-state index in [9.17, 15) is 15.3 Å². The fraction of sp³-hybridized carbons (Fsp3) is 1.00. The molecule has 3 N–H and O–H groups in total. The third kappa shape index (κ3) is 3.29. The molecule has 1 aliphatic rings. The van der Waals surface area contributed by atoms with Crippen molar-refractivity contribution in [2.45, 2.75) is 76.2 Å². The van der Waals surface area contributed by atoms with E-state index in [0.717, 1.165) is 0 Å². The van der Waals surface area contributed by atoms with Crippen molar-refractivity contribution in [1.82, 2.24) is 0 Å². The van der Waals surface area contributed by atoms with Gasteiger partial charge in [-0.15, -0.1) is 0 Å². The molecule has 1 rings (SSSR count). The zero-order valence-electron chi connectivity index (χ0n) is 11.5. The van der Waals surface area contributed by atoms with Crippen LogP contribution in [-0.4, -0.2) is 48.1 Å². The van der Waals surface area contributed by atoms with Crippen molar-refractivity contribution in [3.8, 4) is 0 Å². The average molecular weight is 262 g/mol. The Kier molecular flexibility index (Phi) is 4.42. The molecular weight excluding hydrogens is 236 g/mol. The monoisotopic (exact) mass is 262 g/mol. The second-order valence-electron chi connectivity index (χ2n) is 6.54. The third-order valence-electron chi connectivity index (χ3n) is 4.12. The van der Waals surface area contributed by atoms with Crippen molar-refractivity contribution < 1.29 is 19.7 Å². The largest absolute Gasteiger partial charge is 0.411 e. The summed E-state index contributed by atoms with van der Waals surface area (Å²) in [5.41, 5.74) is 0. The van der Waals surface area contributed by atoms with Crippen LogP contribution >= 0.6 is 0 Å². The summed E-state index contributed by atoms with van der Waals surface area (Å²) < 4.78 is 6.09. The molecule has 0 radical (unpaired) electrons. The summed E-state index contributed by atoms with van der Waals surface area (Å²) in [4.78, 5) is 0. The molecule has 1 saturated carbocycles. The van der Waals surface area contributed by atoms with Crippen LogP contribution < -0.4 is 0 Å². The number of aliphatic hydroxyl groups is 3. The normalized spacial score (nSPS) is 36.0. The second kappa shape index (κ2) is 4.97. The van der Waals surface area contributed by atoms with Crippen LogP contribution in [0.3, 0.4) is 0 Å². The fourth-order valence-corrected chi connectivity index (χ4v) is 3.18. The van der Waals surface area contributed by atoms with Gasteiger partial charge in [0.15, 0.2) is 8.32 Å². The van der Waals surface area contributed by atoms with E-state index in [1.165, 1.54) is 0 Å². The van der Waals surface area contributed by atoms with Crippen LogP contribution in [0.25, 0.3) is 0 Å². The first kappa shape index (κ1) is 15.1. The van der Waals surface area contributed by atoms with Gasteiger partial charge in [0.2, 0.25) is 0 Å². The van der Waals surface area contributed by atoms with E-state index in [0.29, 0.717) is 12.8 Å². The SMILES string of the molecule is CC(C)(C)[Si](C)(C)O[C@@H]1CC[C@@H](O)[C@@H](O)[C@H]1O. The molecule has 0 spiro atoms. The van der Waals surface area contributed by atoms with Crippen molar-refractivity contribution in [3.05, 3.63) is 0 Å². The second-order valence-corrected chi connectivity index (χ2v) is 11.3. The number of hydrogen-bond acceptors (Lipinski definition) is 4. The van der Waals surface area contributed by atoms with Crippen LogP contribution in [0.1, 0.15) is 33.6 Å². The molecule has 0 aromatic rings. The highest BCUT2D eigenvalue weighted by Crippen LogP contribution is 2.39. The summed E-state index contributed by atoms with van der Waals surface area (Å²) >= 11 is 0. The van der Waals surface area contributed by atoms with Crippen molar-refractivity contribution in [3.63, 3.8) is 0 Å². The van der Waals surface area contributed by atoms with Crippen molar-refractivity contribution in [2.24, 2.45) is 0 Å². The highest BCUT2D eigenvalue weighted by molar-refractivity contribution is 6.74. The van der Waals surface area contributed by atoms with E-state index < -0.39 is 26.6 Å². The van der Waals surface area contributed by atoms with Crippen LogP contribution in [-0.2, 0) is 4.43 Å². The predicted octanol–water partition coefficient (Wildman–Crippen LogP) is 1.25. The Hall–Kier alpha value is 0.0569. The Morgan fingerprint density at radius 2 is 1.53 bits per heavy atom. The van der Waals surface area contributed by atoms with Gasteiger partial charge in [0.05, 0.1) is 12.2 Å². The standard InChI is InChI=1S/C12H26O4Si/c1-12(2,3)17(4,5)16-9-7-6-8(13)10(14)11(9)15/h8-11,13-15H,6-7H2,1-5H3/t8-,9-,10-,11+/m1/s1. The van der Waals surface area contributed by atoms with Gasteiger partial charge in [-0.2, -0.15) is 0 Å². The van der Waals surface area contributed by atoms with E-state index in [4.69, 9.17) is 4.43 Å². The highest BCUT2D eigenvalue weighted by atomic mass is 28.4. The van der Waals surface area contributed by atoms with Gasteiger partial charge in [-0.05, 0) is 31.0 Å². The molecule has 5 heteroatoms. The Balaban J connectivity index is 2.70. The first-order valence-corrected chi connectivity index (χ1v) is 9.19. The molecule has 1 aliphatic carbocycles. The molecule has 102 valence electrons. The van der Waals surface area contributed by atoms with Crippen LogP contribution in [0, 0.1) is 0 Å². The molecule has 0 aromatic carbocycles. The van der Waals surface area contributed by atoms with Crippen molar-refractivity contribution >= 4 is 8.32 Å². The molecule has 0 unspecified atom stereocenters. The first-order chi connectivity index (χ1) is 7.56. The lowest BCUT2D eigenvalue weighted by molar-refractivity contribution is -0.131. The minimum Gasteiger partial charge on any atom is -0.411 e. The lowest BCUT2D eigenvalue weighted by atomic mass is 9.90. The van der Waals surface area contributed by atoms with Gasteiger partial charge in [-0.1, -0.05) is 20.8 Å². The number of hydrogen-bond donors (Lipinski definition) is 3. The molecule has 0 amide bonds. The molecule has 0 saturated heterocycles. The predicted molar refractivity (Wildman–Crippen MR) is 69.3 cm³/mol. The minimum absolute atomic E-state index is 0.0771. The highest BCUT2D eigenvalue weighted by Gasteiger charge is 2.44. The summed E-state index contributed by atoms with van der Waals surface area (Å²) in [6, 6.07) is 0. The molecule has 0 aliphatic heterocycles. The van der Waals surface area contributed by atoms with Crippen LogP contribution in [0.4, 0.5) is 0 Å². The van der Waals surface area contributed by atoms with Crippen molar-refractivity contribution in [1.29, 1.82) is 0 Å². The molecule has 0 aromatic heterocycles. The van der Waals surface area contributed by atoms with Gasteiger partial charge in [0, 0.05) is 0 Å². The Labute approximate surface area is 105 Å². The summed E-state index contributed by atoms with van der Waals surface area (Å²) in [5.74, 6) is 0. The smallest absolute Gasteiger partial charge is 0.192 e. The maximum atomic E-state index is 9.92. The van der Waals surface area contributed by atoms with E-state index >= 15 is 0 Å². The zero-order valence-corrected chi connectivity index (χ0v) is 12.5. The Morgan fingerprint density at radius 3 is 2.00 bits per heavy atom. The maximum absolute atomic E-state index is 9.92. The Bertz CT molecular complexity index is 262. The molecule has 0 bridgehead atoms. The van der Waals surface area contributed by atoms with Gasteiger partial charge >= 0.3 is 0 Å². The van der Waals surface area contributed by atoms with Gasteiger partial charge < -0.3 is 19.7 Å². The van der Waals surface area contributed by atoms with Gasteiger partial charge in [0.1, 0.15) is 12.2 Å². The van der Waals surface area contributed by atoms with Crippen molar-refractivity contribution in [2.75, 3.05) is 0 Å². The lowest BCUT2D eigenvalue weighted by Gasteiger charge is -2.43. The van der Waals surface area contributed by atoms with Crippen LogP contribution in [0.5, 0.6) is 0 Å². The van der Waals surface area contributed by atoms with E-state index in [2.05, 4.69) is 33.9 Å². The van der Waals surface area contributed by atoms with Gasteiger partial charge in [-0.25, -0.2) is 0 Å². The van der Waals surface area contributed by atoms with E-state index in [-0.39, 0.29) is 11.1 Å². The zero-order chi connectivity index (χ0) is 13.4. The summed E-state index contributed by atoms with van der Waals surface area (Å²) in [6.45, 7) is 10.7. The summed E-state index contributed by atoms with van der Waals surface area (Å²) in [5, 5.41) is 29.1. The van der Waals surface area contributed by atoms with Crippen LogP contribution in [0.15, 0.2) is 0 Å². The lowest BCUT2D eigenvalue weighted by Crippen LogP contribution is -2.55. The average Bonchev–Trinajstić information content (AvgIpc) is 2.17. The molecule has 1 fully saturated rings. The minimum atomic E-state index is -1.94. The summed E-state index contributed by atoms with van der Waals surface area (Å²) in [7, 11) is -1.94. The topological polar surface area (TPSA) is 69.9 Å². The fourth-order valence-electron chi connectivity index (χ4n) is 1.81. The third-order valence-corrected chi connectivity index (χ3v) is 8.63. The van der Waals surface area contributed by atoms with E-state index in [1.807, 2.05) is 0 Å². The molecular formula is C12H26O4Si. The number of aliphatic hydroxyl groups excluding tert-OH is 3. The van der Waals surface area contributed by atoms with Crippen LogP contribution in [0.2, 0.25) is 18.1 Å².